The highest BCUT2D eigenvalue weighted by molar-refractivity contribution is 5.99. The van der Waals surface area contributed by atoms with E-state index in [4.69, 9.17) is 18.6 Å². The molecule has 8 heteroatoms. The largest absolute Gasteiger partial charge is 0.489 e. The summed E-state index contributed by atoms with van der Waals surface area (Å²) in [6.07, 6.45) is -1.04. The first kappa shape index (κ1) is 24.4. The van der Waals surface area contributed by atoms with Gasteiger partial charge >= 0.3 is 5.97 Å². The van der Waals surface area contributed by atoms with Gasteiger partial charge in [0.15, 0.2) is 6.10 Å². The number of nitrogens with zero attached hydrogens (tertiary/aromatic N) is 1. The summed E-state index contributed by atoms with van der Waals surface area (Å²) in [6.45, 7) is 4.71. The zero-order valence-corrected chi connectivity index (χ0v) is 20.5. The van der Waals surface area contributed by atoms with Gasteiger partial charge in [-0.1, -0.05) is 36.4 Å². The molecule has 2 heterocycles. The van der Waals surface area contributed by atoms with Crippen molar-refractivity contribution in [1.29, 1.82) is 0 Å². The summed E-state index contributed by atoms with van der Waals surface area (Å²) in [6, 6.07) is 24.2. The molecule has 190 valence electrons. The highest BCUT2D eigenvalue weighted by Gasteiger charge is 2.26. The zero-order chi connectivity index (χ0) is 25.6. The third-order valence-corrected chi connectivity index (χ3v) is 6.17. The zero-order valence-electron chi connectivity index (χ0n) is 20.5. The Bertz CT molecular complexity index is 1360. The molecule has 5 rings (SSSR count). The van der Waals surface area contributed by atoms with Gasteiger partial charge in [0.25, 0.3) is 5.91 Å². The Kier molecular flexibility index (Phi) is 7.37. The molecule has 1 saturated heterocycles. The molecule has 1 N–H and O–H groups in total. The fraction of sp³-hybridized carbons (Fsp3) is 0.241. The van der Waals surface area contributed by atoms with E-state index in [9.17, 15) is 9.59 Å². The molecule has 0 radical (unpaired) electrons. The Morgan fingerprint density at radius 2 is 1.65 bits per heavy atom. The van der Waals surface area contributed by atoms with E-state index in [-0.39, 0.29) is 12.4 Å². The molecule has 8 nitrogen and oxygen atoms in total. The second kappa shape index (κ2) is 11.2. The number of fused-ring (bicyclic) bond motifs is 1. The highest BCUT2D eigenvalue weighted by Crippen LogP contribution is 2.28. The number of hydrogen-bond acceptors (Lipinski definition) is 7. The monoisotopic (exact) mass is 500 g/mol. The van der Waals surface area contributed by atoms with Gasteiger partial charge in [0.05, 0.1) is 18.8 Å². The normalized spacial score (nSPS) is 14.2. The molecule has 0 aliphatic carbocycles. The number of carbonyl (C=O) groups excluding carboxylic acids is 2. The van der Waals surface area contributed by atoms with Gasteiger partial charge in [-0.05, 0) is 49.4 Å². The summed E-state index contributed by atoms with van der Waals surface area (Å²) >= 11 is 0. The van der Waals surface area contributed by atoms with Crippen LogP contribution in [0.5, 0.6) is 5.75 Å². The van der Waals surface area contributed by atoms with E-state index in [1.54, 1.807) is 6.07 Å². The van der Waals surface area contributed by atoms with Gasteiger partial charge in [-0.25, -0.2) is 4.79 Å². The molecule has 1 aliphatic heterocycles. The molecule has 1 amide bonds. The predicted molar refractivity (Wildman–Crippen MR) is 140 cm³/mol. The van der Waals surface area contributed by atoms with Crippen LogP contribution < -0.4 is 15.0 Å². The Hall–Kier alpha value is -4.30. The van der Waals surface area contributed by atoms with E-state index in [0.29, 0.717) is 35.8 Å². The summed E-state index contributed by atoms with van der Waals surface area (Å²) in [5, 5.41) is 3.55. The number of para-hydroxylation sites is 2. The summed E-state index contributed by atoms with van der Waals surface area (Å²) in [5.41, 5.74) is 2.79. The summed E-state index contributed by atoms with van der Waals surface area (Å²) in [4.78, 5) is 28.1. The lowest BCUT2D eigenvalue weighted by Crippen LogP contribution is -2.36. The molecule has 3 aromatic carbocycles. The average Bonchev–Trinajstić information content (AvgIpc) is 3.32. The number of morpholine rings is 1. The van der Waals surface area contributed by atoms with E-state index in [1.165, 1.54) is 6.92 Å². The van der Waals surface area contributed by atoms with E-state index < -0.39 is 18.0 Å². The fourth-order valence-corrected chi connectivity index (χ4v) is 4.17. The number of furan rings is 1. The molecular weight excluding hydrogens is 472 g/mol. The molecule has 0 bridgehead atoms. The molecular formula is C29H28N2O6. The first-order valence-corrected chi connectivity index (χ1v) is 12.2. The van der Waals surface area contributed by atoms with Crippen molar-refractivity contribution in [3.63, 3.8) is 0 Å². The molecule has 1 fully saturated rings. The van der Waals surface area contributed by atoms with Gasteiger partial charge in [-0.2, -0.15) is 0 Å². The number of ether oxygens (including phenoxy) is 3. The number of anilines is 2. The average molecular weight is 501 g/mol. The standard InChI is InChI=1S/C29H28N2O6/c1-20(28(32)30-21-11-13-22(14-12-21)31-15-17-34-18-16-31)36-29(33)27-25(19-35-23-7-3-2-4-8-23)24-9-5-6-10-26(24)37-27/h2-14,20H,15-19H2,1H3,(H,30,32)/t20-/m0/s1. The number of rotatable bonds is 8. The molecule has 4 aromatic rings. The van der Waals surface area contributed by atoms with Crippen LogP contribution >= 0.6 is 0 Å². The smallest absolute Gasteiger partial charge is 0.375 e. The lowest BCUT2D eigenvalue weighted by atomic mass is 10.1. The van der Waals surface area contributed by atoms with Gasteiger partial charge in [-0.15, -0.1) is 0 Å². The number of nitrogens with one attached hydrogen (secondary N) is 1. The second-order valence-corrected chi connectivity index (χ2v) is 8.69. The van der Waals surface area contributed by atoms with E-state index in [0.717, 1.165) is 24.2 Å². The van der Waals surface area contributed by atoms with Crippen LogP contribution in [0.25, 0.3) is 11.0 Å². The first-order valence-electron chi connectivity index (χ1n) is 12.2. The van der Waals surface area contributed by atoms with Crippen LogP contribution in [-0.2, 0) is 20.9 Å². The van der Waals surface area contributed by atoms with Gasteiger partial charge in [0.2, 0.25) is 5.76 Å². The molecule has 0 saturated carbocycles. The van der Waals surface area contributed by atoms with Crippen molar-refractivity contribution < 1.29 is 28.2 Å². The number of benzene rings is 3. The topological polar surface area (TPSA) is 90.2 Å². The molecule has 1 aromatic heterocycles. The minimum atomic E-state index is -1.04. The Morgan fingerprint density at radius 3 is 2.41 bits per heavy atom. The van der Waals surface area contributed by atoms with E-state index in [2.05, 4.69) is 10.2 Å². The highest BCUT2D eigenvalue weighted by atomic mass is 16.6. The quantitative estimate of drug-likeness (QED) is 0.339. The van der Waals surface area contributed by atoms with Crippen molar-refractivity contribution in [2.45, 2.75) is 19.6 Å². The van der Waals surface area contributed by atoms with Crippen molar-refractivity contribution in [3.8, 4) is 5.75 Å². The number of amides is 1. The lowest BCUT2D eigenvalue weighted by molar-refractivity contribution is -0.123. The van der Waals surface area contributed by atoms with Crippen molar-refractivity contribution in [3.05, 3.63) is 90.2 Å². The van der Waals surface area contributed by atoms with Gasteiger partial charge in [-0.3, -0.25) is 4.79 Å². The van der Waals surface area contributed by atoms with Crippen molar-refractivity contribution in [1.82, 2.24) is 0 Å². The van der Waals surface area contributed by atoms with E-state index >= 15 is 0 Å². The number of carbonyl (C=O) groups is 2. The summed E-state index contributed by atoms with van der Waals surface area (Å²) in [7, 11) is 0. The van der Waals surface area contributed by atoms with Crippen LogP contribution in [0.3, 0.4) is 0 Å². The molecule has 1 aliphatic rings. The van der Waals surface area contributed by atoms with Gasteiger partial charge < -0.3 is 28.8 Å². The van der Waals surface area contributed by atoms with Gasteiger partial charge in [0, 0.05) is 29.9 Å². The predicted octanol–water partition coefficient (Wildman–Crippen LogP) is 5.03. The van der Waals surface area contributed by atoms with Crippen LogP contribution in [-0.4, -0.2) is 44.3 Å². The summed E-state index contributed by atoms with van der Waals surface area (Å²) < 4.78 is 22.6. The first-order chi connectivity index (χ1) is 18.1. The molecule has 1 atom stereocenters. The number of esters is 1. The Balaban J connectivity index is 1.25. The van der Waals surface area contributed by atoms with Crippen molar-refractivity contribution in [2.75, 3.05) is 36.5 Å². The van der Waals surface area contributed by atoms with E-state index in [1.807, 2.05) is 72.8 Å². The maximum atomic E-state index is 13.1. The van der Waals surface area contributed by atoms with Crippen LogP contribution in [0.4, 0.5) is 11.4 Å². The number of hydrogen-bond donors (Lipinski definition) is 1. The fourth-order valence-electron chi connectivity index (χ4n) is 4.17. The van der Waals surface area contributed by atoms with Crippen LogP contribution in [0.2, 0.25) is 0 Å². The van der Waals surface area contributed by atoms with Crippen LogP contribution in [0, 0.1) is 0 Å². The maximum Gasteiger partial charge on any atom is 0.375 e. The SMILES string of the molecule is C[C@H](OC(=O)c1oc2ccccc2c1COc1ccccc1)C(=O)Nc1ccc(N2CCOCC2)cc1. The third kappa shape index (κ3) is 5.76. The molecule has 0 unspecified atom stereocenters. The maximum absolute atomic E-state index is 13.1. The molecule has 0 spiro atoms. The minimum Gasteiger partial charge on any atom is -0.489 e. The van der Waals surface area contributed by atoms with Gasteiger partial charge in [0.1, 0.15) is 17.9 Å². The second-order valence-electron chi connectivity index (χ2n) is 8.69. The minimum absolute atomic E-state index is 0.0200. The summed E-state index contributed by atoms with van der Waals surface area (Å²) in [5.74, 6) is -0.482. The Morgan fingerprint density at radius 1 is 0.946 bits per heavy atom. The van der Waals surface area contributed by atoms with Crippen LogP contribution in [0.1, 0.15) is 23.0 Å². The van der Waals surface area contributed by atoms with Crippen molar-refractivity contribution >= 4 is 34.2 Å². The van der Waals surface area contributed by atoms with Crippen LogP contribution in [0.15, 0.2) is 83.3 Å². The third-order valence-electron chi connectivity index (χ3n) is 6.17. The lowest BCUT2D eigenvalue weighted by Gasteiger charge is -2.28. The van der Waals surface area contributed by atoms with Crippen molar-refractivity contribution in [2.24, 2.45) is 0 Å². The molecule has 37 heavy (non-hydrogen) atoms. The Labute approximate surface area is 214 Å².